The molecule has 1 saturated heterocycles. The minimum Gasteiger partial charge on any atom is -0.420 e. The normalized spacial score (nSPS) is 34.7. The van der Waals surface area contributed by atoms with Crippen LogP contribution in [0.2, 0.25) is 26.2 Å². The van der Waals surface area contributed by atoms with Crippen LogP contribution in [-0.2, 0) is 49.2 Å². The minimum absolute atomic E-state index is 0. The Morgan fingerprint density at radius 1 is 0.857 bits per heavy atom. The van der Waals surface area contributed by atoms with Crippen molar-refractivity contribution in [2.45, 2.75) is 26.2 Å². The Bertz CT molecular complexity index is 114. The Hall–Kier alpha value is 1.81. The Morgan fingerprint density at radius 3 is 1.57 bits per heavy atom. The van der Waals surface area contributed by atoms with Gasteiger partial charge in [0.25, 0.3) is 27.9 Å². The topological polar surface area (TPSA) is 36.9 Å². The summed E-state index contributed by atoms with van der Waals surface area (Å²) in [7, 11) is -5.36. The first-order valence-corrected chi connectivity index (χ1v) is 12.2. The Balaban J connectivity index is 0. The molecule has 82 valence electrons. The van der Waals surface area contributed by atoms with Gasteiger partial charge in [-0.15, -0.1) is 0 Å². The molecule has 2 atom stereocenters. The number of rotatable bonds is 0. The summed E-state index contributed by atoms with van der Waals surface area (Å²) in [5.41, 5.74) is 0. The van der Waals surface area contributed by atoms with Gasteiger partial charge in [0.2, 0.25) is 0 Å². The van der Waals surface area contributed by atoms with Crippen LogP contribution in [0.3, 0.4) is 0 Å². The first-order chi connectivity index (χ1) is 5.58. The van der Waals surface area contributed by atoms with E-state index in [-0.39, 0.29) is 40.1 Å². The molecule has 0 N–H and O–H groups in total. The van der Waals surface area contributed by atoms with Crippen molar-refractivity contribution in [2.75, 3.05) is 0 Å². The summed E-state index contributed by atoms with van der Waals surface area (Å²) >= 11 is 0. The number of hydrogen-bond donors (Lipinski definition) is 0. The molecule has 0 aliphatic carbocycles. The van der Waals surface area contributed by atoms with E-state index < -0.39 is 37.1 Å². The molecule has 1 fully saturated rings. The maximum absolute atomic E-state index is 5.65. The van der Waals surface area contributed by atoms with Gasteiger partial charge in [-0.25, -0.2) is 0 Å². The predicted molar refractivity (Wildman–Crippen MR) is 61.4 cm³/mol. The van der Waals surface area contributed by atoms with Crippen LogP contribution in [0.1, 0.15) is 0 Å². The second-order valence-corrected chi connectivity index (χ2v) is 11.2. The summed E-state index contributed by atoms with van der Waals surface area (Å²) in [4.78, 5) is 0. The van der Waals surface area contributed by atoms with Gasteiger partial charge in [0.15, 0.2) is 0 Å². The van der Waals surface area contributed by atoms with Crippen LogP contribution in [-0.4, -0.2) is 37.1 Å². The fourth-order valence-electron chi connectivity index (χ4n) is 1.12. The maximum atomic E-state index is 5.65. The molecule has 1 aliphatic heterocycles. The van der Waals surface area contributed by atoms with Crippen LogP contribution in [0.5, 0.6) is 0 Å². The van der Waals surface area contributed by atoms with Gasteiger partial charge in [-0.05, 0) is 26.2 Å². The van der Waals surface area contributed by atoms with E-state index in [0.717, 1.165) is 0 Å². The van der Waals surface area contributed by atoms with Crippen molar-refractivity contribution in [1.29, 1.82) is 0 Å². The van der Waals surface area contributed by atoms with E-state index >= 15 is 0 Å². The summed E-state index contributed by atoms with van der Waals surface area (Å²) in [6.07, 6.45) is 0. The Morgan fingerprint density at radius 2 is 1.21 bits per heavy atom. The van der Waals surface area contributed by atoms with Crippen LogP contribution in [0.4, 0.5) is 0 Å². The van der Waals surface area contributed by atoms with Gasteiger partial charge < -0.3 is 23.9 Å². The van der Waals surface area contributed by atoms with E-state index in [1.54, 1.807) is 0 Å². The van der Waals surface area contributed by atoms with E-state index in [2.05, 4.69) is 0 Å². The molecule has 0 aromatic rings. The largest absolute Gasteiger partial charge is 0.420 e. The molecule has 1 rings (SSSR count). The molecule has 4 nitrogen and oxygen atoms in total. The second-order valence-electron chi connectivity index (χ2n) is 2.70. The zero-order valence-electron chi connectivity index (χ0n) is 9.44. The van der Waals surface area contributed by atoms with Crippen molar-refractivity contribution in [3.05, 3.63) is 7.43 Å². The number of hydrogen-bond acceptors (Lipinski definition) is 4. The Labute approximate surface area is 119 Å². The van der Waals surface area contributed by atoms with Gasteiger partial charge in [0, 0.05) is 32.7 Å². The maximum Gasteiger partial charge on any atom is 0.361 e. The monoisotopic (exact) mass is 343 g/mol. The molecule has 9 heteroatoms. The SMILES string of the molecule is C[Si]1O[SiH](C)O[SiH](C)O[SiH](C)O1.[CH3-].[Y]. The third-order valence-corrected chi connectivity index (χ3v) is 12.9. The van der Waals surface area contributed by atoms with E-state index in [4.69, 9.17) is 16.5 Å². The van der Waals surface area contributed by atoms with Gasteiger partial charge in [-0.3, -0.25) is 0 Å². The molecule has 0 aromatic heterocycles. The fourth-order valence-corrected chi connectivity index (χ4v) is 12.2. The average Bonchev–Trinajstić information content (AvgIpc) is 1.81. The molecule has 0 bridgehead atoms. The molecule has 0 spiro atoms. The van der Waals surface area contributed by atoms with Crippen LogP contribution in [0, 0.1) is 7.43 Å². The van der Waals surface area contributed by atoms with Crippen molar-refractivity contribution >= 4 is 37.1 Å². The molecule has 1 aliphatic rings. The fraction of sp³-hybridized carbons (Fsp3) is 0.800. The van der Waals surface area contributed by atoms with Crippen molar-refractivity contribution < 1.29 is 49.2 Å². The van der Waals surface area contributed by atoms with Gasteiger partial charge in [-0.1, -0.05) is 0 Å². The molecular weight excluding hydrogens is 325 g/mol. The zero-order valence-corrected chi connectivity index (χ0v) is 16.7. The van der Waals surface area contributed by atoms with Gasteiger partial charge in [0.05, 0.1) is 0 Å². The molecule has 0 aromatic carbocycles. The molecule has 14 heavy (non-hydrogen) atoms. The molecule has 2 radical (unpaired) electrons. The van der Waals surface area contributed by atoms with E-state index in [9.17, 15) is 0 Å². The molecule has 1 heterocycles. The van der Waals surface area contributed by atoms with E-state index in [1.165, 1.54) is 0 Å². The summed E-state index contributed by atoms with van der Waals surface area (Å²) < 4.78 is 22.5. The van der Waals surface area contributed by atoms with Crippen LogP contribution >= 0.6 is 0 Å². The first kappa shape index (κ1) is 18.2. The molecule has 2 unspecified atom stereocenters. The van der Waals surface area contributed by atoms with Crippen LogP contribution in [0.15, 0.2) is 0 Å². The molecular formula is C5H18O4Si4Y-. The second kappa shape index (κ2) is 8.91. The summed E-state index contributed by atoms with van der Waals surface area (Å²) in [5, 5.41) is 0. The first-order valence-electron chi connectivity index (χ1n) is 4.05. The smallest absolute Gasteiger partial charge is 0.361 e. The predicted octanol–water partition coefficient (Wildman–Crippen LogP) is 0.183. The van der Waals surface area contributed by atoms with Crippen molar-refractivity contribution in [2.24, 2.45) is 0 Å². The summed E-state index contributed by atoms with van der Waals surface area (Å²) in [6.45, 7) is 8.10. The summed E-state index contributed by atoms with van der Waals surface area (Å²) in [5.74, 6) is 0. The van der Waals surface area contributed by atoms with Crippen molar-refractivity contribution in [1.82, 2.24) is 0 Å². The van der Waals surface area contributed by atoms with E-state index in [1.807, 2.05) is 26.2 Å². The Kier molecular flexibility index (Phi) is 11.6. The standard InChI is InChI=1S/C4H15O4Si4.CH3.Y/c1-9-5-10(2)7-12(4)8-11(3)6-9;;/h9-11H,1-4H3;1H3;/q;-1;. The average molecular weight is 343 g/mol. The van der Waals surface area contributed by atoms with Crippen LogP contribution < -0.4 is 0 Å². The van der Waals surface area contributed by atoms with Crippen molar-refractivity contribution in [3.8, 4) is 0 Å². The molecule has 0 saturated carbocycles. The van der Waals surface area contributed by atoms with Gasteiger partial charge in [-0.2, -0.15) is 0 Å². The third kappa shape index (κ3) is 7.15. The van der Waals surface area contributed by atoms with Gasteiger partial charge >= 0.3 is 9.28 Å². The van der Waals surface area contributed by atoms with Gasteiger partial charge in [0.1, 0.15) is 0 Å². The van der Waals surface area contributed by atoms with Crippen LogP contribution in [0.25, 0.3) is 0 Å². The zero-order chi connectivity index (χ0) is 9.14. The van der Waals surface area contributed by atoms with Crippen molar-refractivity contribution in [3.63, 3.8) is 0 Å². The minimum atomic E-state index is -1.43. The van der Waals surface area contributed by atoms with E-state index in [0.29, 0.717) is 0 Å². The molecule has 0 amide bonds. The quantitative estimate of drug-likeness (QED) is 0.465. The summed E-state index contributed by atoms with van der Waals surface area (Å²) in [6, 6.07) is 0. The third-order valence-electron chi connectivity index (χ3n) is 1.43.